The monoisotopic (exact) mass is 320 g/mol. The second-order valence-electron chi connectivity index (χ2n) is 6.39. The zero-order valence-corrected chi connectivity index (χ0v) is 14.1. The van der Waals surface area contributed by atoms with Crippen LogP contribution in [0.25, 0.3) is 0 Å². The number of nitrogens with zero attached hydrogens (tertiary/aromatic N) is 2. The number of amides is 1. The number of benzene rings is 1. The van der Waals surface area contributed by atoms with Gasteiger partial charge in [-0.15, -0.1) is 0 Å². The van der Waals surface area contributed by atoms with Crippen LogP contribution >= 0.6 is 0 Å². The molecule has 1 amide bonds. The average molecular weight is 320 g/mol. The summed E-state index contributed by atoms with van der Waals surface area (Å²) in [5.41, 5.74) is 1.00. The van der Waals surface area contributed by atoms with Crippen LogP contribution in [0.3, 0.4) is 0 Å². The summed E-state index contributed by atoms with van der Waals surface area (Å²) in [4.78, 5) is 25.3. The molecule has 3 atom stereocenters. The van der Waals surface area contributed by atoms with Crippen molar-refractivity contribution in [3.63, 3.8) is 0 Å². The van der Waals surface area contributed by atoms with Crippen molar-refractivity contribution in [3.05, 3.63) is 39.9 Å². The zero-order chi connectivity index (χ0) is 17.1. The molecule has 1 aromatic carbocycles. The number of hydrogen-bond donors (Lipinski definition) is 0. The van der Waals surface area contributed by atoms with E-state index in [1.165, 1.54) is 0 Å². The second-order valence-corrected chi connectivity index (χ2v) is 6.39. The van der Waals surface area contributed by atoms with Gasteiger partial charge in [-0.2, -0.15) is 0 Å². The topological polar surface area (TPSA) is 72.7 Å². The van der Waals surface area contributed by atoms with Gasteiger partial charge in [-0.05, 0) is 30.9 Å². The second kappa shape index (κ2) is 6.98. The maximum Gasteiger partial charge on any atom is 0.244 e. The Morgan fingerprint density at radius 2 is 2.00 bits per heavy atom. The van der Waals surface area contributed by atoms with Gasteiger partial charge >= 0.3 is 0 Å². The molecule has 6 nitrogen and oxygen atoms in total. The van der Waals surface area contributed by atoms with E-state index in [1.54, 1.807) is 18.9 Å². The minimum absolute atomic E-state index is 0.0389. The molecule has 0 spiro atoms. The fourth-order valence-corrected chi connectivity index (χ4v) is 3.51. The normalized spacial score (nSPS) is 24.3. The first-order valence-electron chi connectivity index (χ1n) is 7.94. The molecule has 0 unspecified atom stereocenters. The summed E-state index contributed by atoms with van der Waals surface area (Å²) in [6.45, 7) is 6.00. The van der Waals surface area contributed by atoms with Gasteiger partial charge in [0.2, 0.25) is 11.9 Å². The largest absolute Gasteiger partial charge is 0.496 e. The van der Waals surface area contributed by atoms with E-state index in [0.29, 0.717) is 13.0 Å². The predicted molar refractivity (Wildman–Crippen MR) is 87.0 cm³/mol. The molecular weight excluding hydrogens is 296 g/mol. The van der Waals surface area contributed by atoms with E-state index in [2.05, 4.69) is 0 Å². The lowest BCUT2D eigenvalue weighted by Crippen LogP contribution is -2.44. The smallest absolute Gasteiger partial charge is 0.244 e. The lowest BCUT2D eigenvalue weighted by molar-refractivity contribution is -0.532. The molecule has 1 aliphatic rings. The van der Waals surface area contributed by atoms with Crippen molar-refractivity contribution in [2.45, 2.75) is 39.3 Å². The van der Waals surface area contributed by atoms with Gasteiger partial charge in [0.1, 0.15) is 17.7 Å². The summed E-state index contributed by atoms with van der Waals surface area (Å²) >= 11 is 0. The van der Waals surface area contributed by atoms with Gasteiger partial charge in [0.05, 0.1) is 7.11 Å². The van der Waals surface area contributed by atoms with E-state index < -0.39 is 12.0 Å². The zero-order valence-electron chi connectivity index (χ0n) is 14.1. The third-order valence-electron chi connectivity index (χ3n) is 4.64. The van der Waals surface area contributed by atoms with E-state index in [9.17, 15) is 14.9 Å². The number of rotatable bonds is 6. The first-order chi connectivity index (χ1) is 10.9. The number of methoxy groups -OCH3 is 1. The summed E-state index contributed by atoms with van der Waals surface area (Å²) in [7, 11) is 1.61. The summed E-state index contributed by atoms with van der Waals surface area (Å²) in [5.74, 6) is 0.117. The molecule has 0 aliphatic carbocycles. The molecule has 0 aromatic heterocycles. The Labute approximate surface area is 136 Å². The Morgan fingerprint density at radius 1 is 1.35 bits per heavy atom. The molecule has 1 aromatic rings. The van der Waals surface area contributed by atoms with Crippen molar-refractivity contribution in [2.24, 2.45) is 11.8 Å². The predicted octanol–water partition coefficient (Wildman–Crippen LogP) is 2.39. The Kier molecular flexibility index (Phi) is 5.23. The van der Waals surface area contributed by atoms with Crippen molar-refractivity contribution in [1.82, 2.24) is 4.90 Å². The van der Waals surface area contributed by atoms with Gasteiger partial charge < -0.3 is 9.64 Å². The number of ether oxygens (including phenoxy) is 1. The maximum atomic E-state index is 12.5. The molecular formula is C17H24N2O4. The highest BCUT2D eigenvalue weighted by atomic mass is 16.6. The first-order valence-corrected chi connectivity index (χ1v) is 7.94. The standard InChI is InChI=1S/C17H24N2O4/c1-11(2)15-16(19(21)22)12(3)17(20)18(15)10-9-13-7-5-6-8-14(13)23-4/h5-8,11-12,15-16H,9-10H2,1-4H3/t12-,15+,16-/m1/s1. The van der Waals surface area contributed by atoms with Crippen molar-refractivity contribution < 1.29 is 14.5 Å². The Bertz CT molecular complexity index is 588. The van der Waals surface area contributed by atoms with Gasteiger partial charge in [0.15, 0.2) is 0 Å². The number of hydrogen-bond acceptors (Lipinski definition) is 4. The fraction of sp³-hybridized carbons (Fsp3) is 0.588. The van der Waals surface area contributed by atoms with Crippen LogP contribution in [-0.2, 0) is 11.2 Å². The number of para-hydroxylation sites is 1. The first kappa shape index (κ1) is 17.2. The third-order valence-corrected chi connectivity index (χ3v) is 4.64. The molecule has 0 bridgehead atoms. The van der Waals surface area contributed by atoms with Crippen LogP contribution < -0.4 is 4.74 Å². The maximum absolute atomic E-state index is 12.5. The Morgan fingerprint density at radius 3 is 2.57 bits per heavy atom. The van der Waals surface area contributed by atoms with Gasteiger partial charge in [-0.25, -0.2) is 0 Å². The van der Waals surface area contributed by atoms with E-state index in [1.807, 2.05) is 38.1 Å². The van der Waals surface area contributed by atoms with Crippen LogP contribution in [0.4, 0.5) is 0 Å². The summed E-state index contributed by atoms with van der Waals surface area (Å²) in [6, 6.07) is 6.46. The number of carbonyl (C=O) groups excluding carboxylic acids is 1. The lowest BCUT2D eigenvalue weighted by Gasteiger charge is -2.28. The average Bonchev–Trinajstić information content (AvgIpc) is 2.77. The minimum Gasteiger partial charge on any atom is -0.496 e. The Hall–Kier alpha value is -2.11. The molecule has 1 aliphatic heterocycles. The van der Waals surface area contributed by atoms with Crippen molar-refractivity contribution in [2.75, 3.05) is 13.7 Å². The van der Waals surface area contributed by atoms with Crippen LogP contribution in [-0.4, -0.2) is 41.5 Å². The van der Waals surface area contributed by atoms with Crippen LogP contribution in [0.2, 0.25) is 0 Å². The number of nitro groups is 1. The van der Waals surface area contributed by atoms with Gasteiger partial charge in [-0.3, -0.25) is 14.9 Å². The highest BCUT2D eigenvalue weighted by Crippen LogP contribution is 2.32. The van der Waals surface area contributed by atoms with Gasteiger partial charge in [-0.1, -0.05) is 32.0 Å². The van der Waals surface area contributed by atoms with Crippen LogP contribution in [0, 0.1) is 22.0 Å². The lowest BCUT2D eigenvalue weighted by atomic mass is 9.93. The van der Waals surface area contributed by atoms with Crippen LogP contribution in [0.15, 0.2) is 24.3 Å². The van der Waals surface area contributed by atoms with E-state index >= 15 is 0 Å². The van der Waals surface area contributed by atoms with Gasteiger partial charge in [0, 0.05) is 11.5 Å². The molecule has 23 heavy (non-hydrogen) atoms. The SMILES string of the molecule is COc1ccccc1CCN1C(=O)[C@H](C)[C@@H]([N+](=O)[O-])[C@@H]1C(C)C. The number of likely N-dealkylation sites (tertiary alicyclic amines) is 1. The molecule has 0 saturated carbocycles. The molecule has 126 valence electrons. The molecule has 1 fully saturated rings. The third kappa shape index (κ3) is 3.30. The summed E-state index contributed by atoms with van der Waals surface area (Å²) in [5, 5.41) is 11.4. The highest BCUT2D eigenvalue weighted by molar-refractivity contribution is 5.82. The molecule has 0 radical (unpaired) electrons. The van der Waals surface area contributed by atoms with E-state index in [-0.39, 0.29) is 22.8 Å². The van der Waals surface area contributed by atoms with E-state index in [4.69, 9.17) is 4.74 Å². The van der Waals surface area contributed by atoms with E-state index in [0.717, 1.165) is 11.3 Å². The highest BCUT2D eigenvalue weighted by Gasteiger charge is 2.53. The molecule has 6 heteroatoms. The minimum atomic E-state index is -0.833. The molecule has 2 rings (SSSR count). The number of carbonyl (C=O) groups is 1. The molecule has 0 N–H and O–H groups in total. The Balaban J connectivity index is 2.20. The van der Waals surface area contributed by atoms with Crippen LogP contribution in [0.5, 0.6) is 5.75 Å². The van der Waals surface area contributed by atoms with Gasteiger partial charge in [0.25, 0.3) is 0 Å². The fourth-order valence-electron chi connectivity index (χ4n) is 3.51. The quantitative estimate of drug-likeness (QED) is 0.596. The molecule has 1 heterocycles. The van der Waals surface area contributed by atoms with Crippen molar-refractivity contribution in [1.29, 1.82) is 0 Å². The van der Waals surface area contributed by atoms with Crippen molar-refractivity contribution in [3.8, 4) is 5.75 Å². The summed E-state index contributed by atoms with van der Waals surface area (Å²) < 4.78 is 5.33. The molecule has 1 saturated heterocycles. The summed E-state index contributed by atoms with van der Waals surface area (Å²) in [6.07, 6.45) is 0.621. The van der Waals surface area contributed by atoms with Crippen molar-refractivity contribution >= 4 is 5.91 Å². The van der Waals surface area contributed by atoms with Crippen LogP contribution in [0.1, 0.15) is 26.3 Å².